The summed E-state index contributed by atoms with van der Waals surface area (Å²) in [7, 11) is 1.39. The lowest BCUT2D eigenvalue weighted by Crippen LogP contribution is -2.06. The number of nitrogens with one attached hydrogen (secondary N) is 1. The number of methoxy groups -OCH3 is 1. The third kappa shape index (κ3) is 3.63. The Morgan fingerprint density at radius 3 is 2.52 bits per heavy atom. The average molecular weight is 412 g/mol. The molecule has 0 radical (unpaired) electrons. The molecule has 0 atom stereocenters. The maximum absolute atomic E-state index is 11.5. The van der Waals surface area contributed by atoms with Gasteiger partial charge in [-0.3, -0.25) is 4.79 Å². The molecule has 5 aromatic rings. The molecule has 0 saturated heterocycles. The molecule has 3 heterocycles. The molecule has 1 N–H and O–H groups in total. The largest absolute Gasteiger partial charge is 0.469 e. The molecule has 0 bridgehead atoms. The monoisotopic (exact) mass is 412 g/mol. The van der Waals surface area contributed by atoms with Crippen molar-refractivity contribution in [3.05, 3.63) is 66.7 Å². The summed E-state index contributed by atoms with van der Waals surface area (Å²) < 4.78 is 6.46. The van der Waals surface area contributed by atoms with Gasteiger partial charge in [-0.15, -0.1) is 5.10 Å². The van der Waals surface area contributed by atoms with Crippen LogP contribution in [-0.2, 0) is 16.0 Å². The molecule has 0 aliphatic heterocycles. The Morgan fingerprint density at radius 1 is 1.00 bits per heavy atom. The number of aryl methyl sites for hydroxylation is 1. The predicted octanol–water partition coefficient (Wildman–Crippen LogP) is 3.83. The number of esters is 1. The third-order valence-corrected chi connectivity index (χ3v) is 5.19. The molecule has 2 aromatic carbocycles. The third-order valence-electron chi connectivity index (χ3n) is 5.19. The zero-order chi connectivity index (χ0) is 21.2. The average Bonchev–Trinajstić information content (AvgIpc) is 3.46. The summed E-state index contributed by atoms with van der Waals surface area (Å²) in [6, 6.07) is 18.4. The first-order valence-electron chi connectivity index (χ1n) is 10.0. The number of nitrogens with zero attached hydrogens (tertiary/aromatic N) is 5. The van der Waals surface area contributed by atoms with Crippen molar-refractivity contribution in [2.24, 2.45) is 0 Å². The van der Waals surface area contributed by atoms with E-state index in [4.69, 9.17) is 14.8 Å². The number of ether oxygens (including phenoxy) is 1. The van der Waals surface area contributed by atoms with Crippen molar-refractivity contribution in [3.63, 3.8) is 0 Å². The second-order valence-electron chi connectivity index (χ2n) is 7.17. The summed E-state index contributed by atoms with van der Waals surface area (Å²) in [5.74, 6) is 1.07. The van der Waals surface area contributed by atoms with Gasteiger partial charge in [0.15, 0.2) is 17.1 Å². The van der Waals surface area contributed by atoms with Crippen LogP contribution in [0.15, 0.2) is 60.9 Å². The molecule has 0 aliphatic carbocycles. The molecule has 8 nitrogen and oxygen atoms in total. The molecular formula is C23H20N6O2. The van der Waals surface area contributed by atoms with Crippen LogP contribution in [0.3, 0.4) is 0 Å². The summed E-state index contributed by atoms with van der Waals surface area (Å²) >= 11 is 0. The van der Waals surface area contributed by atoms with Crippen molar-refractivity contribution in [3.8, 4) is 22.5 Å². The fraction of sp³-hybridized carbons (Fsp3) is 0.174. The lowest BCUT2D eigenvalue weighted by molar-refractivity contribution is -0.140. The van der Waals surface area contributed by atoms with Gasteiger partial charge < -0.3 is 9.72 Å². The molecule has 154 valence electrons. The number of hydrogen-bond acceptors (Lipinski definition) is 6. The second-order valence-corrected chi connectivity index (χ2v) is 7.17. The van der Waals surface area contributed by atoms with Crippen molar-refractivity contribution in [1.29, 1.82) is 0 Å². The van der Waals surface area contributed by atoms with E-state index in [0.29, 0.717) is 42.2 Å². The highest BCUT2D eigenvalue weighted by molar-refractivity contribution is 5.85. The van der Waals surface area contributed by atoms with Gasteiger partial charge in [-0.05, 0) is 17.5 Å². The highest BCUT2D eigenvalue weighted by atomic mass is 16.5. The first-order chi connectivity index (χ1) is 15.2. The molecule has 0 aliphatic rings. The van der Waals surface area contributed by atoms with Crippen molar-refractivity contribution in [2.75, 3.05) is 7.11 Å². The van der Waals surface area contributed by atoms with Crippen LogP contribution in [-0.4, -0.2) is 42.6 Å². The molecule has 5 rings (SSSR count). The maximum Gasteiger partial charge on any atom is 0.305 e. The normalized spacial score (nSPS) is 11.3. The summed E-state index contributed by atoms with van der Waals surface area (Å²) in [6.45, 7) is 0. The van der Waals surface area contributed by atoms with E-state index in [9.17, 15) is 4.79 Å². The van der Waals surface area contributed by atoms with E-state index in [0.717, 1.165) is 22.2 Å². The van der Waals surface area contributed by atoms with Crippen molar-refractivity contribution < 1.29 is 9.53 Å². The zero-order valence-corrected chi connectivity index (χ0v) is 16.9. The Balaban J connectivity index is 1.51. The summed E-state index contributed by atoms with van der Waals surface area (Å²) in [6.07, 6.45) is 3.08. The van der Waals surface area contributed by atoms with E-state index in [1.54, 1.807) is 10.8 Å². The van der Waals surface area contributed by atoms with E-state index in [-0.39, 0.29) is 5.97 Å². The van der Waals surface area contributed by atoms with Gasteiger partial charge >= 0.3 is 5.97 Å². The van der Waals surface area contributed by atoms with Crippen LogP contribution >= 0.6 is 0 Å². The van der Waals surface area contributed by atoms with Crippen LogP contribution in [0.1, 0.15) is 18.7 Å². The molecule has 0 saturated carbocycles. The van der Waals surface area contributed by atoms with Gasteiger partial charge in [0.1, 0.15) is 11.3 Å². The minimum Gasteiger partial charge on any atom is -0.469 e. The highest BCUT2D eigenvalue weighted by Gasteiger charge is 2.16. The number of aromatic nitrogens is 6. The lowest BCUT2D eigenvalue weighted by Gasteiger charge is -2.03. The van der Waals surface area contributed by atoms with E-state index >= 15 is 0 Å². The molecule has 0 unspecified atom stereocenters. The maximum atomic E-state index is 11.5. The number of fused-ring (bicyclic) bond motifs is 3. The molecular weight excluding hydrogens is 392 g/mol. The van der Waals surface area contributed by atoms with Gasteiger partial charge in [-0.2, -0.15) is 4.52 Å². The minimum absolute atomic E-state index is 0.241. The van der Waals surface area contributed by atoms with Gasteiger partial charge in [0.25, 0.3) is 0 Å². The molecule has 3 aromatic heterocycles. The zero-order valence-electron chi connectivity index (χ0n) is 16.9. The number of rotatable bonds is 6. The molecule has 0 amide bonds. The van der Waals surface area contributed by atoms with Crippen LogP contribution in [0.25, 0.3) is 39.3 Å². The lowest BCUT2D eigenvalue weighted by atomic mass is 10.0. The summed E-state index contributed by atoms with van der Waals surface area (Å²) in [5.41, 5.74) is 5.19. The number of benzene rings is 2. The number of imidazole rings is 1. The quantitative estimate of drug-likeness (QED) is 0.426. The molecule has 31 heavy (non-hydrogen) atoms. The molecule has 0 spiro atoms. The SMILES string of the molecule is COC(=O)CCCc1nc2nc[nH]c2c2nc(-c3ccc(-c4ccccc4)cc3)nn12. The smallest absolute Gasteiger partial charge is 0.305 e. The van der Waals surface area contributed by atoms with Crippen LogP contribution in [0.5, 0.6) is 0 Å². The van der Waals surface area contributed by atoms with E-state index < -0.39 is 0 Å². The number of carbonyl (C=O) groups excluding carboxylic acids is 1. The first-order valence-corrected chi connectivity index (χ1v) is 10.0. The fourth-order valence-corrected chi connectivity index (χ4v) is 3.58. The van der Waals surface area contributed by atoms with Crippen molar-refractivity contribution in [2.45, 2.75) is 19.3 Å². The van der Waals surface area contributed by atoms with Crippen LogP contribution in [0.4, 0.5) is 0 Å². The number of hydrogen-bond donors (Lipinski definition) is 1. The second kappa shape index (κ2) is 7.98. The van der Waals surface area contributed by atoms with Gasteiger partial charge in [0, 0.05) is 18.4 Å². The highest BCUT2D eigenvalue weighted by Crippen LogP contribution is 2.25. The topological polar surface area (TPSA) is 98.1 Å². The molecule has 8 heteroatoms. The minimum atomic E-state index is -0.241. The standard InChI is InChI=1S/C23H20N6O2/c1-31-19(30)9-5-8-18-26-22-20(24-14-25-22)23-27-21(28-29(18)23)17-12-10-16(11-13-17)15-6-3-2-4-7-15/h2-4,6-7,10-14H,5,8-9H2,1H3,(H,24,25). The van der Waals surface area contributed by atoms with Gasteiger partial charge in [-0.1, -0.05) is 54.6 Å². The van der Waals surface area contributed by atoms with E-state index in [2.05, 4.69) is 39.2 Å². The Bertz CT molecular complexity index is 1360. The summed E-state index contributed by atoms with van der Waals surface area (Å²) in [5, 5.41) is 4.71. The van der Waals surface area contributed by atoms with Crippen LogP contribution in [0.2, 0.25) is 0 Å². The first kappa shape index (κ1) is 18.9. The Labute approximate surface area is 178 Å². The Hall–Kier alpha value is -4.07. The van der Waals surface area contributed by atoms with Crippen molar-refractivity contribution >= 4 is 22.8 Å². The number of aromatic amines is 1. The Morgan fingerprint density at radius 2 is 1.74 bits per heavy atom. The van der Waals surface area contributed by atoms with Crippen molar-refractivity contribution in [1.82, 2.24) is 29.5 Å². The van der Waals surface area contributed by atoms with Crippen LogP contribution in [0, 0.1) is 0 Å². The van der Waals surface area contributed by atoms with Crippen LogP contribution < -0.4 is 0 Å². The molecule has 0 fully saturated rings. The fourth-order valence-electron chi connectivity index (χ4n) is 3.58. The van der Waals surface area contributed by atoms with E-state index in [1.807, 2.05) is 30.3 Å². The Kier molecular flexibility index (Phi) is 4.87. The number of carbonyl (C=O) groups is 1. The van der Waals surface area contributed by atoms with Gasteiger partial charge in [-0.25, -0.2) is 15.0 Å². The van der Waals surface area contributed by atoms with Gasteiger partial charge in [0.2, 0.25) is 0 Å². The van der Waals surface area contributed by atoms with Gasteiger partial charge in [0.05, 0.1) is 13.4 Å². The summed E-state index contributed by atoms with van der Waals surface area (Å²) in [4.78, 5) is 28.2. The predicted molar refractivity (Wildman–Crippen MR) is 116 cm³/mol. The number of H-pyrrole nitrogens is 1. The van der Waals surface area contributed by atoms with E-state index in [1.165, 1.54) is 7.11 Å².